The smallest absolute Gasteiger partial charge is 0.145 e. The van der Waals surface area contributed by atoms with E-state index in [0.717, 1.165) is 53.5 Å². The number of aromatic nitrogens is 5. The zero-order chi connectivity index (χ0) is 21.8. The molecule has 1 saturated carbocycles. The van der Waals surface area contributed by atoms with Gasteiger partial charge in [0.25, 0.3) is 0 Å². The molecule has 3 aromatic heterocycles. The third kappa shape index (κ3) is 4.94. The monoisotopic (exact) mass is 434 g/mol. The predicted octanol–water partition coefficient (Wildman–Crippen LogP) is 5.16. The lowest BCUT2D eigenvalue weighted by Gasteiger charge is -2.15. The second kappa shape index (κ2) is 9.16. The van der Waals surface area contributed by atoms with Crippen LogP contribution in [0.15, 0.2) is 37.1 Å². The maximum absolute atomic E-state index is 9.26. The quantitative estimate of drug-likeness (QED) is 0.278. The number of ether oxygens (including phenoxy) is 1. The Morgan fingerprint density at radius 3 is 2.84 bits per heavy atom. The number of fused-ring (bicyclic) bond motifs is 1. The van der Waals surface area contributed by atoms with Gasteiger partial charge < -0.3 is 9.30 Å². The van der Waals surface area contributed by atoms with Gasteiger partial charge in [-0.1, -0.05) is 32.5 Å². The molecule has 0 unspecified atom stereocenters. The van der Waals surface area contributed by atoms with Crippen molar-refractivity contribution in [1.82, 2.24) is 24.3 Å². The van der Waals surface area contributed by atoms with Gasteiger partial charge in [0.15, 0.2) is 0 Å². The van der Waals surface area contributed by atoms with E-state index in [1.54, 1.807) is 12.4 Å². The van der Waals surface area contributed by atoms with E-state index < -0.39 is 8.07 Å². The first-order valence-corrected chi connectivity index (χ1v) is 14.7. The third-order valence-electron chi connectivity index (χ3n) is 5.89. The molecule has 0 aliphatic heterocycles. The van der Waals surface area contributed by atoms with Crippen LogP contribution in [0.4, 0.5) is 0 Å². The fourth-order valence-corrected chi connectivity index (χ4v) is 4.88. The lowest BCUT2D eigenvalue weighted by molar-refractivity contribution is 0.0899. The topological polar surface area (TPSA) is 81.5 Å². The van der Waals surface area contributed by atoms with Crippen molar-refractivity contribution >= 4 is 24.8 Å². The summed E-state index contributed by atoms with van der Waals surface area (Å²) in [6.07, 6.45) is 13.7. The van der Waals surface area contributed by atoms with Crippen molar-refractivity contribution in [3.8, 4) is 17.3 Å². The molecule has 0 amide bonds. The van der Waals surface area contributed by atoms with Crippen molar-refractivity contribution < 1.29 is 4.74 Å². The third-order valence-corrected chi connectivity index (χ3v) is 7.59. The minimum absolute atomic E-state index is 0.396. The van der Waals surface area contributed by atoms with Crippen LogP contribution in [0, 0.1) is 17.2 Å². The Balaban J connectivity index is 1.56. The molecule has 1 aliphatic carbocycles. The second-order valence-corrected chi connectivity index (χ2v) is 15.1. The molecule has 162 valence electrons. The van der Waals surface area contributed by atoms with Crippen LogP contribution in [-0.2, 0) is 11.5 Å². The highest BCUT2D eigenvalue weighted by Crippen LogP contribution is 2.34. The van der Waals surface area contributed by atoms with Crippen molar-refractivity contribution in [3.05, 3.63) is 37.1 Å². The summed E-state index contributed by atoms with van der Waals surface area (Å²) in [5.74, 6) is 0.396. The van der Waals surface area contributed by atoms with Gasteiger partial charge in [-0.3, -0.25) is 0 Å². The SMILES string of the molecule is C[Si](C)(C)CCOCn1ccc2c(-c3cnn(/C(=C\C#N)C4CCCC4)c3)ncnc21. The van der Waals surface area contributed by atoms with Gasteiger partial charge in [0.05, 0.1) is 23.7 Å². The second-order valence-electron chi connectivity index (χ2n) is 9.45. The number of allylic oxidation sites excluding steroid dienone is 2. The summed E-state index contributed by atoms with van der Waals surface area (Å²) in [5.41, 5.74) is 3.60. The highest BCUT2D eigenvalue weighted by atomic mass is 28.3. The molecule has 4 rings (SSSR count). The van der Waals surface area contributed by atoms with Gasteiger partial charge in [-0.2, -0.15) is 10.4 Å². The number of hydrogen-bond donors (Lipinski definition) is 0. The molecule has 0 saturated heterocycles. The van der Waals surface area contributed by atoms with Gasteiger partial charge in [0, 0.05) is 50.0 Å². The fourth-order valence-electron chi connectivity index (χ4n) is 4.12. The number of hydrogen-bond acceptors (Lipinski definition) is 5. The van der Waals surface area contributed by atoms with Gasteiger partial charge in [-0.25, -0.2) is 14.6 Å². The van der Waals surface area contributed by atoms with Crippen LogP contribution in [0.1, 0.15) is 25.7 Å². The van der Waals surface area contributed by atoms with E-state index >= 15 is 0 Å². The molecule has 0 aromatic carbocycles. The van der Waals surface area contributed by atoms with E-state index in [0.29, 0.717) is 12.6 Å². The minimum atomic E-state index is -1.10. The van der Waals surface area contributed by atoms with E-state index in [4.69, 9.17) is 4.74 Å². The highest BCUT2D eigenvalue weighted by molar-refractivity contribution is 6.76. The molecular formula is C23H30N6OSi. The van der Waals surface area contributed by atoms with Crippen LogP contribution in [-0.4, -0.2) is 39.0 Å². The summed E-state index contributed by atoms with van der Waals surface area (Å²) in [7, 11) is -1.10. The van der Waals surface area contributed by atoms with Crippen LogP contribution in [0.5, 0.6) is 0 Å². The lowest BCUT2D eigenvalue weighted by atomic mass is 10.0. The van der Waals surface area contributed by atoms with E-state index in [-0.39, 0.29) is 0 Å². The molecule has 0 atom stereocenters. The van der Waals surface area contributed by atoms with E-state index in [1.165, 1.54) is 12.8 Å². The van der Waals surface area contributed by atoms with Crippen LogP contribution in [0.25, 0.3) is 28.0 Å². The summed E-state index contributed by atoms with van der Waals surface area (Å²) in [5, 5.41) is 14.8. The van der Waals surface area contributed by atoms with Crippen molar-refractivity contribution in [1.29, 1.82) is 5.26 Å². The zero-order valence-electron chi connectivity index (χ0n) is 18.6. The van der Waals surface area contributed by atoms with Crippen molar-refractivity contribution in [2.24, 2.45) is 5.92 Å². The Labute approximate surface area is 184 Å². The summed E-state index contributed by atoms with van der Waals surface area (Å²) in [6.45, 7) is 8.32. The van der Waals surface area contributed by atoms with E-state index in [1.807, 2.05) is 33.9 Å². The van der Waals surface area contributed by atoms with Crippen LogP contribution in [0.3, 0.4) is 0 Å². The van der Waals surface area contributed by atoms with E-state index in [2.05, 4.69) is 40.8 Å². The van der Waals surface area contributed by atoms with Gasteiger partial charge in [0.1, 0.15) is 18.7 Å². The Kier molecular flexibility index (Phi) is 6.34. The summed E-state index contributed by atoms with van der Waals surface area (Å²) in [6, 6.07) is 5.37. The van der Waals surface area contributed by atoms with Crippen LogP contribution < -0.4 is 0 Å². The zero-order valence-corrected chi connectivity index (χ0v) is 19.6. The standard InChI is InChI=1S/C23H30N6OSi/c1-31(2,3)13-12-30-17-28-11-9-20-22(25-16-26-23(20)28)19-14-27-29(15-19)21(8-10-24)18-6-4-5-7-18/h8-9,11,14-16,18H,4-7,12-13,17H2,1-3H3/b21-8-. The molecule has 7 nitrogen and oxygen atoms in total. The molecule has 1 aliphatic rings. The summed E-state index contributed by atoms with van der Waals surface area (Å²) >= 11 is 0. The number of nitriles is 1. The molecule has 31 heavy (non-hydrogen) atoms. The number of rotatable bonds is 8. The normalized spacial score (nSPS) is 15.6. The summed E-state index contributed by atoms with van der Waals surface area (Å²) < 4.78 is 9.78. The summed E-state index contributed by atoms with van der Waals surface area (Å²) in [4.78, 5) is 9.03. The maximum atomic E-state index is 9.26. The molecule has 3 heterocycles. The van der Waals surface area contributed by atoms with E-state index in [9.17, 15) is 5.26 Å². The van der Waals surface area contributed by atoms with Gasteiger partial charge in [0.2, 0.25) is 0 Å². The Morgan fingerprint density at radius 1 is 1.29 bits per heavy atom. The first kappa shape index (κ1) is 21.5. The molecule has 0 bridgehead atoms. The average Bonchev–Trinajstić information content (AvgIpc) is 3.50. The van der Waals surface area contributed by atoms with Crippen molar-refractivity contribution in [2.45, 2.75) is 58.1 Å². The van der Waals surface area contributed by atoms with Crippen molar-refractivity contribution in [2.75, 3.05) is 6.61 Å². The lowest BCUT2D eigenvalue weighted by Crippen LogP contribution is -2.22. The Morgan fingerprint density at radius 2 is 2.10 bits per heavy atom. The molecular weight excluding hydrogens is 404 g/mol. The van der Waals surface area contributed by atoms with Gasteiger partial charge >= 0.3 is 0 Å². The molecule has 0 N–H and O–H groups in total. The van der Waals surface area contributed by atoms with Crippen LogP contribution in [0.2, 0.25) is 25.7 Å². The largest absolute Gasteiger partial charge is 0.361 e. The van der Waals surface area contributed by atoms with Gasteiger partial charge in [-0.15, -0.1) is 0 Å². The van der Waals surface area contributed by atoms with Crippen molar-refractivity contribution in [3.63, 3.8) is 0 Å². The molecule has 1 fully saturated rings. The Bertz CT molecular complexity index is 1110. The first-order chi connectivity index (χ1) is 15.0. The van der Waals surface area contributed by atoms with Gasteiger partial charge in [-0.05, 0) is 25.0 Å². The Hall–Kier alpha value is -2.76. The molecule has 3 aromatic rings. The average molecular weight is 435 g/mol. The minimum Gasteiger partial charge on any atom is -0.361 e. The highest BCUT2D eigenvalue weighted by Gasteiger charge is 2.22. The molecule has 8 heteroatoms. The predicted molar refractivity (Wildman–Crippen MR) is 125 cm³/mol. The number of nitrogens with zero attached hydrogens (tertiary/aromatic N) is 6. The molecule has 0 radical (unpaired) electrons. The molecule has 0 spiro atoms. The maximum Gasteiger partial charge on any atom is 0.145 e. The first-order valence-electron chi connectivity index (χ1n) is 11.0. The van der Waals surface area contributed by atoms with Crippen LogP contribution >= 0.6 is 0 Å². The fraction of sp³-hybridized carbons (Fsp3) is 0.478.